The number of amides is 2. The average Bonchev–Trinajstić information content (AvgIpc) is 3.97. The van der Waals surface area contributed by atoms with Gasteiger partial charge in [-0.15, -0.1) is 16.6 Å². The van der Waals surface area contributed by atoms with E-state index in [1.54, 1.807) is 22.0 Å². The van der Waals surface area contributed by atoms with Crippen LogP contribution < -0.4 is 32.3 Å². The van der Waals surface area contributed by atoms with Gasteiger partial charge in [0.1, 0.15) is 18.7 Å². The van der Waals surface area contributed by atoms with Crippen LogP contribution in [0.2, 0.25) is 0 Å². The number of piperazine rings is 2. The fourth-order valence-electron chi connectivity index (χ4n) is 6.80. The van der Waals surface area contributed by atoms with Crippen LogP contribution in [0.3, 0.4) is 0 Å². The number of ether oxygens (including phenoxy) is 3. The van der Waals surface area contributed by atoms with Crippen LogP contribution in [-0.2, 0) is 41.7 Å². The first-order valence-corrected chi connectivity index (χ1v) is 20.6. The van der Waals surface area contributed by atoms with Crippen molar-refractivity contribution in [1.29, 1.82) is 0 Å². The molecule has 5 heterocycles. The Hall–Kier alpha value is -5.58. The molecule has 0 saturated carbocycles. The van der Waals surface area contributed by atoms with E-state index in [-0.39, 0.29) is 44.4 Å². The summed E-state index contributed by atoms with van der Waals surface area (Å²) in [6.45, 7) is 6.82. The maximum atomic E-state index is 13.9. The lowest BCUT2D eigenvalue weighted by molar-refractivity contribution is -0.139. The largest absolute Gasteiger partial charge is 0.481 e. The standard InChI is InChI=1S/C37H59N17O7/c1-2-18-59-20-22-61-23-21-60-19-9-41-35-42-36(51-14-10-49(11-15-51)33(57)30(5-3-4-8-38)53-26-28(24-39)45-47-53)44-37(43-35)52-16-12-50(13-17-52)34(58)31(6-7-32(55)56)54-27-29(25-40)46-48-54/h1,26-27,30-31H,3-25,38-40H2,(H,55,56)(H,41,42,43,44)/t30-,31-/m0/s1. The Morgan fingerprint density at radius 3 is 1.70 bits per heavy atom. The second-order valence-electron chi connectivity index (χ2n) is 14.3. The molecule has 0 spiro atoms. The fourth-order valence-corrected chi connectivity index (χ4v) is 6.80. The van der Waals surface area contributed by atoms with Gasteiger partial charge in [0.2, 0.25) is 29.7 Å². The van der Waals surface area contributed by atoms with Gasteiger partial charge in [-0.3, -0.25) is 14.4 Å². The van der Waals surface area contributed by atoms with Crippen molar-refractivity contribution in [1.82, 2.24) is 54.7 Å². The number of rotatable bonds is 26. The lowest BCUT2D eigenvalue weighted by atomic mass is 10.1. The van der Waals surface area contributed by atoms with Crippen LogP contribution >= 0.6 is 0 Å². The zero-order valence-electron chi connectivity index (χ0n) is 34.6. The molecule has 0 bridgehead atoms. The lowest BCUT2D eigenvalue weighted by Crippen LogP contribution is -2.52. The summed E-state index contributed by atoms with van der Waals surface area (Å²) in [6.07, 6.45) is 10.4. The molecule has 2 fully saturated rings. The van der Waals surface area contributed by atoms with Crippen LogP contribution in [0, 0.1) is 12.3 Å². The second-order valence-corrected chi connectivity index (χ2v) is 14.3. The Kier molecular flexibility index (Phi) is 18.8. The van der Waals surface area contributed by atoms with Crippen LogP contribution in [0.5, 0.6) is 0 Å². The van der Waals surface area contributed by atoms with E-state index in [1.807, 2.05) is 14.7 Å². The zero-order chi connectivity index (χ0) is 43.4. The minimum atomic E-state index is -1.01. The number of hydrogen-bond acceptors (Lipinski definition) is 19. The second kappa shape index (κ2) is 24.6. The molecule has 2 aliphatic heterocycles. The lowest BCUT2D eigenvalue weighted by Gasteiger charge is -2.38. The van der Waals surface area contributed by atoms with Crippen molar-refractivity contribution in [2.45, 2.75) is 57.3 Å². The van der Waals surface area contributed by atoms with Gasteiger partial charge >= 0.3 is 5.97 Å². The highest BCUT2D eigenvalue weighted by atomic mass is 16.5. The smallest absolute Gasteiger partial charge is 0.303 e. The summed E-state index contributed by atoms with van der Waals surface area (Å²) in [5, 5.41) is 29.0. The number of carbonyl (C=O) groups excluding carboxylic acids is 2. The number of carboxylic acids is 1. The molecule has 0 aromatic carbocycles. The summed E-state index contributed by atoms with van der Waals surface area (Å²) < 4.78 is 19.4. The average molecular weight is 854 g/mol. The highest BCUT2D eigenvalue weighted by Gasteiger charge is 2.33. The molecule has 8 N–H and O–H groups in total. The van der Waals surface area contributed by atoms with Crippen molar-refractivity contribution in [3.05, 3.63) is 23.8 Å². The highest BCUT2D eigenvalue weighted by molar-refractivity contribution is 5.81. The summed E-state index contributed by atoms with van der Waals surface area (Å²) in [4.78, 5) is 61.1. The van der Waals surface area contributed by atoms with Gasteiger partial charge in [0.25, 0.3) is 0 Å². The molecule has 2 aliphatic rings. The van der Waals surface area contributed by atoms with Crippen LogP contribution in [0.15, 0.2) is 12.4 Å². The Morgan fingerprint density at radius 2 is 1.23 bits per heavy atom. The Bertz CT molecular complexity index is 1860. The van der Waals surface area contributed by atoms with Gasteiger partial charge in [0.05, 0.1) is 56.8 Å². The van der Waals surface area contributed by atoms with Crippen LogP contribution in [0.25, 0.3) is 0 Å². The van der Waals surface area contributed by atoms with Gasteiger partial charge < -0.3 is 61.4 Å². The summed E-state index contributed by atoms with van der Waals surface area (Å²) in [5.41, 5.74) is 18.3. The van der Waals surface area contributed by atoms with Gasteiger partial charge in [0, 0.05) is 78.4 Å². The normalized spacial score (nSPS) is 15.4. The fraction of sp³-hybridized carbons (Fsp3) is 0.676. The molecular formula is C37H59N17O7. The van der Waals surface area contributed by atoms with Gasteiger partial charge in [-0.1, -0.05) is 16.3 Å². The van der Waals surface area contributed by atoms with Crippen molar-refractivity contribution in [2.75, 3.05) is 120 Å². The maximum Gasteiger partial charge on any atom is 0.303 e. The number of nitrogens with one attached hydrogen (secondary N) is 1. The number of aromatic nitrogens is 9. The molecule has 3 aromatic rings. The van der Waals surface area contributed by atoms with E-state index >= 15 is 0 Å². The van der Waals surface area contributed by atoms with Crippen molar-refractivity contribution in [3.8, 4) is 12.3 Å². The van der Waals surface area contributed by atoms with E-state index < -0.39 is 18.1 Å². The minimum Gasteiger partial charge on any atom is -0.481 e. The Balaban J connectivity index is 1.24. The molecule has 61 heavy (non-hydrogen) atoms. The third kappa shape index (κ3) is 14.0. The summed E-state index contributed by atoms with van der Waals surface area (Å²) in [5.74, 6) is 2.30. The number of terminal acetylenes is 1. The predicted octanol–water partition coefficient (Wildman–Crippen LogP) is -2.16. The van der Waals surface area contributed by atoms with E-state index in [4.69, 9.17) is 52.8 Å². The van der Waals surface area contributed by atoms with E-state index in [2.05, 4.69) is 31.9 Å². The minimum absolute atomic E-state index is 0.0484. The van der Waals surface area contributed by atoms with Crippen molar-refractivity contribution in [3.63, 3.8) is 0 Å². The van der Waals surface area contributed by atoms with E-state index in [9.17, 15) is 19.5 Å². The van der Waals surface area contributed by atoms with Gasteiger partial charge in [-0.25, -0.2) is 9.36 Å². The zero-order valence-corrected chi connectivity index (χ0v) is 34.6. The summed E-state index contributed by atoms with van der Waals surface area (Å²) in [7, 11) is 0. The molecular weight excluding hydrogens is 795 g/mol. The predicted molar refractivity (Wildman–Crippen MR) is 221 cm³/mol. The third-order valence-corrected chi connectivity index (χ3v) is 10.1. The van der Waals surface area contributed by atoms with E-state index in [0.717, 1.165) is 12.8 Å². The van der Waals surface area contributed by atoms with Crippen molar-refractivity contribution < 1.29 is 33.7 Å². The number of carboxylic acid groups (broad SMARTS) is 1. The van der Waals surface area contributed by atoms with E-state index in [1.165, 1.54) is 4.68 Å². The SMILES string of the molecule is C#CCOCCOCCOCCNc1nc(N2CCN(C(=O)[C@H](CCCCN)n3cc(CN)nn3)CC2)nc(N2CCN(C(=O)[C@H](CCC(=O)O)n3cc(CN)nn3)CC2)n1. The van der Waals surface area contributed by atoms with Crippen molar-refractivity contribution in [2.24, 2.45) is 17.2 Å². The number of aliphatic carboxylic acids is 1. The first-order valence-electron chi connectivity index (χ1n) is 20.6. The molecule has 0 unspecified atom stereocenters. The summed E-state index contributed by atoms with van der Waals surface area (Å²) in [6, 6.07) is -1.37. The number of unbranched alkanes of at least 4 members (excludes halogenated alkanes) is 1. The molecule has 3 aromatic heterocycles. The number of hydrogen-bond donors (Lipinski definition) is 5. The Labute approximate surface area is 354 Å². The number of anilines is 3. The molecule has 2 saturated heterocycles. The maximum absolute atomic E-state index is 13.9. The van der Waals surface area contributed by atoms with Gasteiger partial charge in [0.15, 0.2) is 0 Å². The molecule has 2 amide bonds. The van der Waals surface area contributed by atoms with Crippen LogP contribution in [0.4, 0.5) is 17.8 Å². The molecule has 24 heteroatoms. The number of nitrogens with zero attached hydrogens (tertiary/aromatic N) is 13. The van der Waals surface area contributed by atoms with Crippen molar-refractivity contribution >= 4 is 35.6 Å². The molecule has 24 nitrogen and oxygen atoms in total. The third-order valence-electron chi connectivity index (χ3n) is 10.1. The first-order chi connectivity index (χ1) is 29.7. The number of carbonyl (C=O) groups is 3. The molecule has 2 atom stereocenters. The van der Waals surface area contributed by atoms with E-state index in [0.29, 0.717) is 134 Å². The van der Waals surface area contributed by atoms with Gasteiger partial charge in [-0.05, 0) is 32.2 Å². The monoisotopic (exact) mass is 853 g/mol. The first kappa shape index (κ1) is 46.5. The molecule has 5 rings (SSSR count). The quantitative estimate of drug-likeness (QED) is 0.0424. The molecule has 0 radical (unpaired) electrons. The topological polar surface area (TPSA) is 302 Å². The highest BCUT2D eigenvalue weighted by Crippen LogP contribution is 2.24. The number of nitrogens with two attached hydrogens (primary N) is 3. The van der Waals surface area contributed by atoms with Crippen LogP contribution in [0.1, 0.15) is 55.6 Å². The van der Waals surface area contributed by atoms with Crippen LogP contribution in [-0.4, -0.2) is 183 Å². The molecule has 0 aliphatic carbocycles. The van der Waals surface area contributed by atoms with Gasteiger partial charge in [-0.2, -0.15) is 15.0 Å². The molecule has 334 valence electrons. The summed E-state index contributed by atoms with van der Waals surface area (Å²) >= 11 is 0. The Morgan fingerprint density at radius 1 is 0.721 bits per heavy atom.